The fourth-order valence-corrected chi connectivity index (χ4v) is 2.89. The lowest BCUT2D eigenvalue weighted by atomic mass is 10.1. The largest absolute Gasteiger partial charge is 0.496 e. The number of aromatic nitrogens is 1. The van der Waals surface area contributed by atoms with Gasteiger partial charge in [-0.2, -0.15) is 4.57 Å². The van der Waals surface area contributed by atoms with Crippen LogP contribution in [0.4, 0.5) is 0 Å². The van der Waals surface area contributed by atoms with Crippen LogP contribution in [0.25, 0.3) is 23.1 Å². The number of para-hydroxylation sites is 1. The van der Waals surface area contributed by atoms with Crippen molar-refractivity contribution in [3.05, 3.63) is 59.8 Å². The van der Waals surface area contributed by atoms with E-state index in [1.54, 1.807) is 21.3 Å². The first kappa shape index (κ1) is 16.8. The summed E-state index contributed by atoms with van der Waals surface area (Å²) in [6.07, 6.45) is 4.06. The summed E-state index contributed by atoms with van der Waals surface area (Å²) in [4.78, 5) is 0. The van der Waals surface area contributed by atoms with Gasteiger partial charge in [0.15, 0.2) is 0 Å². The summed E-state index contributed by atoms with van der Waals surface area (Å²) in [5.74, 6) is 2.11. The highest BCUT2D eigenvalue weighted by molar-refractivity contribution is 5.79. The van der Waals surface area contributed by atoms with E-state index in [9.17, 15) is 0 Å². The minimum Gasteiger partial charge on any atom is -0.496 e. The lowest BCUT2D eigenvalue weighted by molar-refractivity contribution is -0.646. The van der Waals surface area contributed by atoms with Crippen molar-refractivity contribution in [2.75, 3.05) is 21.3 Å². The van der Waals surface area contributed by atoms with Gasteiger partial charge in [-0.15, -0.1) is 0 Å². The van der Waals surface area contributed by atoms with Crippen LogP contribution in [0.15, 0.2) is 48.5 Å². The van der Waals surface area contributed by atoms with Crippen molar-refractivity contribution in [2.24, 2.45) is 7.05 Å². The monoisotopic (exact) mass is 336 g/mol. The van der Waals surface area contributed by atoms with Crippen LogP contribution in [-0.2, 0) is 7.05 Å². The van der Waals surface area contributed by atoms with Gasteiger partial charge in [0.1, 0.15) is 24.3 Å². The van der Waals surface area contributed by atoms with Gasteiger partial charge in [-0.25, -0.2) is 0 Å². The van der Waals surface area contributed by atoms with Crippen LogP contribution in [0.1, 0.15) is 11.3 Å². The third kappa shape index (κ3) is 3.29. The standard InChI is InChI=1S/C21H22NO3/c1-22-16(10-9-15-7-5-6-8-19(15)22)11-12-18-20(24-3)13-17(23-2)14-21(18)25-4/h5-14H,1-4H3/q+1/b12-11-. The van der Waals surface area contributed by atoms with Crippen molar-refractivity contribution in [3.8, 4) is 17.2 Å². The van der Waals surface area contributed by atoms with Crippen LogP contribution >= 0.6 is 0 Å². The van der Waals surface area contributed by atoms with Gasteiger partial charge >= 0.3 is 0 Å². The maximum Gasteiger partial charge on any atom is 0.212 e. The molecule has 1 heterocycles. The zero-order valence-electron chi connectivity index (χ0n) is 14.9. The van der Waals surface area contributed by atoms with Crippen molar-refractivity contribution in [3.63, 3.8) is 0 Å². The number of methoxy groups -OCH3 is 3. The molecule has 0 atom stereocenters. The minimum atomic E-state index is 0.696. The number of nitrogens with zero attached hydrogens (tertiary/aromatic N) is 1. The molecule has 2 aromatic carbocycles. The Morgan fingerprint density at radius 3 is 2.12 bits per heavy atom. The molecule has 0 aliphatic rings. The molecule has 3 rings (SSSR count). The summed E-state index contributed by atoms with van der Waals surface area (Å²) in [6.45, 7) is 0. The number of benzene rings is 2. The van der Waals surface area contributed by atoms with E-state index < -0.39 is 0 Å². The number of ether oxygens (including phenoxy) is 3. The summed E-state index contributed by atoms with van der Waals surface area (Å²) < 4.78 is 18.5. The number of hydrogen-bond acceptors (Lipinski definition) is 3. The van der Waals surface area contributed by atoms with Crippen LogP contribution in [0, 0.1) is 0 Å². The summed E-state index contributed by atoms with van der Waals surface area (Å²) in [5.41, 5.74) is 3.14. The van der Waals surface area contributed by atoms with Crippen molar-refractivity contribution in [2.45, 2.75) is 0 Å². The van der Waals surface area contributed by atoms with Gasteiger partial charge in [0, 0.05) is 35.7 Å². The van der Waals surface area contributed by atoms with Gasteiger partial charge in [0.05, 0.1) is 26.9 Å². The molecule has 0 radical (unpaired) electrons. The average Bonchev–Trinajstić information content (AvgIpc) is 2.67. The highest BCUT2D eigenvalue weighted by Crippen LogP contribution is 2.35. The fraction of sp³-hybridized carbons (Fsp3) is 0.190. The molecule has 0 N–H and O–H groups in total. The molecule has 128 valence electrons. The van der Waals surface area contributed by atoms with E-state index in [2.05, 4.69) is 42.0 Å². The molecule has 0 unspecified atom stereocenters. The summed E-state index contributed by atoms with van der Waals surface area (Å²) in [7, 11) is 6.96. The Balaban J connectivity index is 2.06. The molecule has 0 spiro atoms. The Morgan fingerprint density at radius 2 is 1.48 bits per heavy atom. The molecule has 0 saturated heterocycles. The molecule has 0 bridgehead atoms. The Kier molecular flexibility index (Phi) is 4.89. The molecule has 0 aliphatic heterocycles. The first-order valence-corrected chi connectivity index (χ1v) is 8.03. The SMILES string of the molecule is COc1cc(OC)c(/C=C\c2ccc3ccccc3[n+]2C)c(OC)c1. The van der Waals surface area contributed by atoms with E-state index >= 15 is 0 Å². The third-order valence-corrected chi connectivity index (χ3v) is 4.29. The molecule has 0 amide bonds. The lowest BCUT2D eigenvalue weighted by Gasteiger charge is -2.12. The minimum absolute atomic E-state index is 0.696. The molecule has 0 saturated carbocycles. The normalized spacial score (nSPS) is 11.0. The van der Waals surface area contributed by atoms with Crippen molar-refractivity contribution in [1.82, 2.24) is 0 Å². The van der Waals surface area contributed by atoms with Gasteiger partial charge in [-0.3, -0.25) is 0 Å². The van der Waals surface area contributed by atoms with Crippen LogP contribution in [0.2, 0.25) is 0 Å². The predicted molar refractivity (Wildman–Crippen MR) is 100 cm³/mol. The van der Waals surface area contributed by atoms with Crippen molar-refractivity contribution >= 4 is 23.1 Å². The van der Waals surface area contributed by atoms with Crippen molar-refractivity contribution < 1.29 is 18.8 Å². The Bertz CT molecular complexity index is 907. The van der Waals surface area contributed by atoms with E-state index in [4.69, 9.17) is 14.2 Å². The maximum atomic E-state index is 5.50. The first-order chi connectivity index (χ1) is 12.2. The molecule has 4 nitrogen and oxygen atoms in total. The third-order valence-electron chi connectivity index (χ3n) is 4.29. The van der Waals surface area contributed by atoms with E-state index in [0.29, 0.717) is 17.2 Å². The molecule has 0 fully saturated rings. The number of fused-ring (bicyclic) bond motifs is 1. The van der Waals surface area contributed by atoms with Gasteiger partial charge in [-0.1, -0.05) is 12.1 Å². The summed E-state index contributed by atoms with van der Waals surface area (Å²) in [5, 5.41) is 1.21. The number of aryl methyl sites for hydroxylation is 1. The molecule has 3 aromatic rings. The Labute approximate surface area is 147 Å². The topological polar surface area (TPSA) is 31.6 Å². The van der Waals surface area contributed by atoms with Gasteiger partial charge in [0.25, 0.3) is 0 Å². The van der Waals surface area contributed by atoms with Crippen LogP contribution in [0.5, 0.6) is 17.2 Å². The average molecular weight is 336 g/mol. The zero-order valence-corrected chi connectivity index (χ0v) is 14.9. The summed E-state index contributed by atoms with van der Waals surface area (Å²) in [6, 6.07) is 16.2. The molecule has 0 aliphatic carbocycles. The smallest absolute Gasteiger partial charge is 0.212 e. The Hall–Kier alpha value is -3.01. The van der Waals surface area contributed by atoms with E-state index in [0.717, 1.165) is 11.3 Å². The van der Waals surface area contributed by atoms with Gasteiger partial charge in [0.2, 0.25) is 11.2 Å². The van der Waals surface area contributed by atoms with Gasteiger partial charge < -0.3 is 14.2 Å². The van der Waals surface area contributed by atoms with E-state index in [1.807, 2.05) is 30.3 Å². The molecule has 25 heavy (non-hydrogen) atoms. The molecular formula is C21H22NO3+. The number of rotatable bonds is 5. The number of hydrogen-bond donors (Lipinski definition) is 0. The Morgan fingerprint density at radius 1 is 0.800 bits per heavy atom. The summed E-state index contributed by atoms with van der Waals surface area (Å²) >= 11 is 0. The predicted octanol–water partition coefficient (Wildman–Crippen LogP) is 3.86. The maximum absolute atomic E-state index is 5.50. The van der Waals surface area contributed by atoms with Crippen LogP contribution < -0.4 is 18.8 Å². The van der Waals surface area contributed by atoms with Gasteiger partial charge in [-0.05, 0) is 18.2 Å². The molecule has 1 aromatic heterocycles. The fourth-order valence-electron chi connectivity index (χ4n) is 2.89. The van der Waals surface area contributed by atoms with Crippen molar-refractivity contribution in [1.29, 1.82) is 0 Å². The zero-order chi connectivity index (χ0) is 17.8. The quantitative estimate of drug-likeness (QED) is 0.663. The highest BCUT2D eigenvalue weighted by atomic mass is 16.5. The second kappa shape index (κ2) is 7.26. The van der Waals surface area contributed by atoms with E-state index in [1.165, 1.54) is 10.9 Å². The molecular weight excluding hydrogens is 314 g/mol. The lowest BCUT2D eigenvalue weighted by Crippen LogP contribution is -2.32. The van der Waals surface area contributed by atoms with Crippen LogP contribution in [0.3, 0.4) is 0 Å². The second-order valence-corrected chi connectivity index (χ2v) is 5.65. The molecule has 4 heteroatoms. The number of pyridine rings is 1. The van der Waals surface area contributed by atoms with E-state index in [-0.39, 0.29) is 0 Å². The highest BCUT2D eigenvalue weighted by Gasteiger charge is 2.13. The van der Waals surface area contributed by atoms with Crippen LogP contribution in [-0.4, -0.2) is 21.3 Å². The second-order valence-electron chi connectivity index (χ2n) is 5.65. The first-order valence-electron chi connectivity index (χ1n) is 8.03.